The number of ketones is 2. The van der Waals surface area contributed by atoms with Crippen molar-refractivity contribution in [2.24, 2.45) is 26.3 Å². The molecular formula is C111H105Br2F3N12O14. The summed E-state index contributed by atoms with van der Waals surface area (Å²) in [5.41, 5.74) is 13.1. The molecule has 0 aliphatic carbocycles. The maximum absolute atomic E-state index is 13.5. The maximum Gasteiger partial charge on any atom is 0.454 e. The van der Waals surface area contributed by atoms with Crippen LogP contribution in [0.1, 0.15) is 233 Å². The van der Waals surface area contributed by atoms with E-state index >= 15 is 0 Å². The third-order valence-corrected chi connectivity index (χ3v) is 23.2. The highest BCUT2D eigenvalue weighted by Crippen LogP contribution is 2.41. The first-order chi connectivity index (χ1) is 67.7. The number of benzene rings is 12. The fourth-order valence-corrected chi connectivity index (χ4v) is 15.8. The molecule has 16 rings (SSSR count). The Labute approximate surface area is 837 Å². The Kier molecular flexibility index (Phi) is 34.3. The smallest absolute Gasteiger partial charge is 0.449 e. The molecule has 142 heavy (non-hydrogen) atoms. The van der Waals surface area contributed by atoms with E-state index in [1.54, 1.807) is 142 Å². The normalized spacial score (nSPS) is 15.3. The average molecular weight is 2050 g/mol. The number of carbonyl (C=O) groups excluding carboxylic acids is 10. The highest BCUT2D eigenvalue weighted by molar-refractivity contribution is 9.10. The molecule has 12 aromatic carbocycles. The van der Waals surface area contributed by atoms with Gasteiger partial charge in [0.2, 0.25) is 0 Å². The van der Waals surface area contributed by atoms with E-state index < -0.39 is 65.0 Å². The van der Waals surface area contributed by atoms with Crippen molar-refractivity contribution in [2.75, 3.05) is 27.9 Å². The van der Waals surface area contributed by atoms with Crippen molar-refractivity contribution in [2.45, 2.75) is 149 Å². The van der Waals surface area contributed by atoms with Crippen LogP contribution in [0.4, 0.5) is 55.1 Å². The van der Waals surface area contributed by atoms with Gasteiger partial charge in [-0.3, -0.25) is 50.0 Å². The standard InChI is InChI=1S/C29H26F3N3O4.C29H29N3O4.C27H26BrN3O3.C26H24BrN3O3/c1-28(2,3)39-27(38)33-22-15-13-18(14-16-22)23-17-24(19-7-5-4-6-8-19)35(34-23)26(37)21-11-9-20(10-12-21)25(36)29(30,31)32;1-19(33)20-10-12-23(13-11-20)27(34)32-26(22-8-6-5-7-9-22)18-25(31-32)21-14-16-24(17-15-21)30-28(35)36-29(2,3)4;1-18(2)17-34-27(33)29-23-14-10-19(11-15-23)24-16-25(20-6-4-3-5-7-20)31(30-24)26(32)21-8-12-22(28)13-9-21;1-17(2)33-26(32)28-22-14-10-18(11-15-22)23-16-24(19-6-4-3-5-7-19)30(29-23)25(31)20-8-12-21(27)13-9-20/h4-16,24H,17H2,1-3H3,(H,33,38);5-17,26H,18H2,1-4H3,(H,30,35);3-15,18,25H,16-17H2,1-2H3,(H,29,33);3-15,17,24H,16H2,1-2H3,(H,28,32). The molecule has 26 nitrogen and oxygen atoms in total. The lowest BCUT2D eigenvalue weighted by atomic mass is 9.98. The van der Waals surface area contributed by atoms with Gasteiger partial charge in [-0.05, 0) is 234 Å². The number of hydrogen-bond donors (Lipinski definition) is 4. The van der Waals surface area contributed by atoms with Crippen LogP contribution in [0.5, 0.6) is 0 Å². The molecule has 8 amide bonds. The lowest BCUT2D eigenvalue weighted by molar-refractivity contribution is -0.0885. The van der Waals surface area contributed by atoms with Crippen LogP contribution in [0.3, 0.4) is 0 Å². The van der Waals surface area contributed by atoms with Crippen LogP contribution in [0.15, 0.2) is 345 Å². The Balaban J connectivity index is 0.000000159. The second kappa shape index (κ2) is 46.9. The fraction of sp³-hybridized carbons (Fsp3) is 0.225. The third kappa shape index (κ3) is 28.6. The zero-order valence-electron chi connectivity index (χ0n) is 79.7. The van der Waals surface area contributed by atoms with Gasteiger partial charge in [-0.25, -0.2) is 39.2 Å². The Morgan fingerprint density at radius 3 is 0.810 bits per heavy atom. The van der Waals surface area contributed by atoms with Crippen LogP contribution >= 0.6 is 31.9 Å². The Bertz CT molecular complexity index is 6640. The van der Waals surface area contributed by atoms with Gasteiger partial charge in [-0.1, -0.05) is 240 Å². The number of alkyl halides is 3. The first kappa shape index (κ1) is 104. The van der Waals surface area contributed by atoms with Crippen LogP contribution in [-0.2, 0) is 18.9 Å². The van der Waals surface area contributed by atoms with Gasteiger partial charge in [-0.15, -0.1) is 0 Å². The number of Topliss-reactive ketones (excluding diaryl/α,β-unsaturated/α-hetero) is 2. The zero-order valence-corrected chi connectivity index (χ0v) is 82.9. The Hall–Kier alpha value is -15.6. The number of rotatable bonds is 21. The summed E-state index contributed by atoms with van der Waals surface area (Å²) in [7, 11) is 0. The largest absolute Gasteiger partial charge is 0.454 e. The van der Waals surface area contributed by atoms with Gasteiger partial charge in [0.05, 0.1) is 59.7 Å². The predicted octanol–water partition coefficient (Wildman–Crippen LogP) is 26.0. The minimum absolute atomic E-state index is 0.0535. The second-order valence-electron chi connectivity index (χ2n) is 36.1. The van der Waals surface area contributed by atoms with Gasteiger partial charge in [0, 0.05) is 90.8 Å². The molecule has 4 aliphatic rings. The van der Waals surface area contributed by atoms with Crippen LogP contribution in [-0.4, -0.2) is 133 Å². The van der Waals surface area contributed by atoms with Gasteiger partial charge in [0.1, 0.15) is 11.2 Å². The number of hydrazone groups is 4. The van der Waals surface area contributed by atoms with Crippen molar-refractivity contribution in [3.05, 3.63) is 402 Å². The predicted molar refractivity (Wildman–Crippen MR) is 548 cm³/mol. The molecule has 4 N–H and O–H groups in total. The zero-order chi connectivity index (χ0) is 102. The summed E-state index contributed by atoms with van der Waals surface area (Å²) >= 11 is 6.83. The van der Waals surface area contributed by atoms with Gasteiger partial charge < -0.3 is 18.9 Å². The van der Waals surface area contributed by atoms with Crippen molar-refractivity contribution < 1.29 is 80.1 Å². The molecular weight excluding hydrogens is 1940 g/mol. The van der Waals surface area contributed by atoms with Gasteiger partial charge >= 0.3 is 30.5 Å². The van der Waals surface area contributed by atoms with Gasteiger partial charge in [-0.2, -0.15) is 33.6 Å². The maximum atomic E-state index is 13.5. The van der Waals surface area contributed by atoms with Crippen molar-refractivity contribution in [3.8, 4) is 0 Å². The van der Waals surface area contributed by atoms with Crippen LogP contribution in [0.2, 0.25) is 0 Å². The summed E-state index contributed by atoms with van der Waals surface area (Å²) in [6.45, 7) is 20.1. The van der Waals surface area contributed by atoms with E-state index in [4.69, 9.17) is 34.3 Å². The van der Waals surface area contributed by atoms with Gasteiger partial charge in [0.25, 0.3) is 29.4 Å². The number of hydrogen-bond acceptors (Lipinski definition) is 18. The molecule has 12 aromatic rings. The lowest BCUT2D eigenvalue weighted by Crippen LogP contribution is -2.27. The first-order valence-electron chi connectivity index (χ1n) is 45.7. The minimum Gasteiger partial charge on any atom is -0.449 e. The van der Waals surface area contributed by atoms with Crippen molar-refractivity contribution in [3.63, 3.8) is 0 Å². The van der Waals surface area contributed by atoms with Crippen molar-refractivity contribution in [1.82, 2.24) is 20.0 Å². The fourth-order valence-electron chi connectivity index (χ4n) is 15.3. The summed E-state index contributed by atoms with van der Waals surface area (Å²) in [6, 6.07) is 92.3. The quantitative estimate of drug-likeness (QED) is 0.0384. The van der Waals surface area contributed by atoms with Gasteiger partial charge in [0.15, 0.2) is 5.78 Å². The van der Waals surface area contributed by atoms with Crippen molar-refractivity contribution >= 4 is 137 Å². The van der Waals surface area contributed by atoms with Crippen LogP contribution in [0, 0.1) is 5.92 Å². The lowest BCUT2D eigenvalue weighted by Gasteiger charge is -2.22. The Morgan fingerprint density at radius 2 is 0.570 bits per heavy atom. The van der Waals surface area contributed by atoms with E-state index in [0.29, 0.717) is 83.0 Å². The van der Waals surface area contributed by atoms with E-state index in [9.17, 15) is 61.1 Å². The van der Waals surface area contributed by atoms with E-state index in [1.165, 1.54) is 29.1 Å². The van der Waals surface area contributed by atoms with Crippen molar-refractivity contribution in [1.29, 1.82) is 0 Å². The molecule has 4 unspecified atom stereocenters. The van der Waals surface area contributed by atoms with E-state index in [2.05, 4.69) is 58.2 Å². The summed E-state index contributed by atoms with van der Waals surface area (Å²) in [6.07, 6.45) is -5.16. The molecule has 0 fully saturated rings. The molecule has 4 atom stereocenters. The first-order valence-corrected chi connectivity index (χ1v) is 47.3. The summed E-state index contributed by atoms with van der Waals surface area (Å²) in [4.78, 5) is 125. The van der Waals surface area contributed by atoms with Crippen LogP contribution < -0.4 is 21.3 Å². The number of nitrogens with zero attached hydrogens (tertiary/aromatic N) is 8. The topological polar surface area (TPSA) is 318 Å². The summed E-state index contributed by atoms with van der Waals surface area (Å²) in [5.74, 6) is -2.82. The van der Waals surface area contributed by atoms with E-state index in [1.807, 2.05) is 229 Å². The molecule has 0 saturated carbocycles. The summed E-state index contributed by atoms with van der Waals surface area (Å²) in [5, 5.41) is 35.5. The number of halogens is 5. The number of amides is 8. The van der Waals surface area contributed by atoms with Crippen LogP contribution in [0.25, 0.3) is 0 Å². The molecule has 0 aromatic heterocycles. The third-order valence-electron chi connectivity index (χ3n) is 22.1. The molecule has 0 spiro atoms. The SMILES string of the molecule is CC(=O)c1ccc(C(=O)N2N=C(c3ccc(NC(=O)OC(C)(C)C)cc3)CC2c2ccccc2)cc1.CC(C)(C)OC(=O)Nc1ccc(C2=NN(C(=O)c3ccc(C(=O)C(F)(F)F)cc3)C(c3ccccc3)C2)cc1.CC(C)COC(=O)Nc1ccc(C2=NN(C(=O)c3ccc(Br)cc3)C(c3ccccc3)C2)cc1.CC(C)OC(=O)Nc1ccc(C2=NN(C(=O)c3ccc(Br)cc3)C(c3ccccc3)C2)cc1. The Morgan fingerprint density at radius 1 is 0.331 bits per heavy atom. The highest BCUT2D eigenvalue weighted by Gasteiger charge is 2.42. The average Bonchev–Trinajstić information content (AvgIpc) is 1.65. The molecule has 0 radical (unpaired) electrons. The second-order valence-corrected chi connectivity index (χ2v) is 38.0. The molecule has 0 bridgehead atoms. The monoisotopic (exact) mass is 2040 g/mol. The number of anilines is 4. The van der Waals surface area contributed by atoms with E-state index in [0.717, 1.165) is 82.7 Å². The number of nitrogens with one attached hydrogen (secondary N) is 4. The highest BCUT2D eigenvalue weighted by atomic mass is 79.9. The molecule has 31 heteroatoms. The summed E-state index contributed by atoms with van der Waals surface area (Å²) < 4.78 is 61.0. The molecule has 728 valence electrons. The molecule has 0 saturated heterocycles. The van der Waals surface area contributed by atoms with E-state index in [-0.39, 0.29) is 59.2 Å². The minimum atomic E-state index is -5.00. The number of carbonyl (C=O) groups is 10. The molecule has 4 aliphatic heterocycles. The number of ether oxygens (including phenoxy) is 4. The molecule has 4 heterocycles.